The Kier molecular flexibility index (Phi) is 8.66. The maximum atomic E-state index is 13.3. The van der Waals surface area contributed by atoms with Gasteiger partial charge in [-0.15, -0.1) is 0 Å². The summed E-state index contributed by atoms with van der Waals surface area (Å²) < 4.78 is 55.6. The Morgan fingerprint density at radius 2 is 1.57 bits per heavy atom. The molecule has 0 aromatic heterocycles. The molecule has 0 fully saturated rings. The molecule has 6 N–H and O–H groups in total. The Morgan fingerprint density at radius 3 is 2.14 bits per heavy atom. The van der Waals surface area contributed by atoms with Gasteiger partial charge in [0, 0.05) is 10.0 Å². The molecule has 0 spiro atoms. The van der Waals surface area contributed by atoms with Crippen LogP contribution in [-0.4, -0.2) is 33.9 Å². The summed E-state index contributed by atoms with van der Waals surface area (Å²) in [4.78, 5) is 11.2. The van der Waals surface area contributed by atoms with Gasteiger partial charge in [-0.1, -0.05) is 53.5 Å². The highest BCUT2D eigenvalue weighted by molar-refractivity contribution is 7.92. The second-order valence-corrected chi connectivity index (χ2v) is 12.0. The number of sulfonamides is 2. The third-order valence-corrected chi connectivity index (χ3v) is 8.37. The standard InChI is InChI=1S/C22H21Cl2N5O6S2/c23-15-10-16(24)12-19(11-15)36(32,33)28-20(13-21(30)31)14-5-4-6-17(9-14)29(27-22(25)26)37(34,35)18-7-2-1-3-8-18/h1-12,20,28H,13H2,(H,30,31)(H4,25,26,27). The van der Waals surface area contributed by atoms with Crippen LogP contribution in [0.15, 0.2) is 82.6 Å². The topological polar surface area (TPSA) is 183 Å². The SMILES string of the molecule is N=C(N)NN(c1cccc(C(CC(=O)O)NS(=O)(=O)c2cc(Cl)cc(Cl)c2)c1)S(=O)(=O)c1ccccc1. The molecule has 37 heavy (non-hydrogen) atoms. The minimum absolute atomic E-state index is 0.0572. The Morgan fingerprint density at radius 1 is 0.946 bits per heavy atom. The Bertz CT molecular complexity index is 1520. The summed E-state index contributed by atoms with van der Waals surface area (Å²) >= 11 is 11.8. The van der Waals surface area contributed by atoms with Crippen LogP contribution in [-0.2, 0) is 24.8 Å². The monoisotopic (exact) mass is 585 g/mol. The highest BCUT2D eigenvalue weighted by atomic mass is 35.5. The third kappa shape index (κ3) is 7.11. The van der Waals surface area contributed by atoms with Gasteiger partial charge in [0.15, 0.2) is 0 Å². The highest BCUT2D eigenvalue weighted by Gasteiger charge is 2.28. The molecule has 0 amide bonds. The second-order valence-electron chi connectivity index (χ2n) is 7.58. The van der Waals surface area contributed by atoms with E-state index in [1.165, 1.54) is 54.6 Å². The molecule has 3 aromatic carbocycles. The van der Waals surface area contributed by atoms with Crippen LogP contribution in [0, 0.1) is 5.41 Å². The van der Waals surface area contributed by atoms with E-state index in [4.69, 9.17) is 34.3 Å². The Hall–Kier alpha value is -3.36. The number of carboxylic acid groups (broad SMARTS) is 1. The summed E-state index contributed by atoms with van der Waals surface area (Å²) in [5, 5.41) is 17.1. The summed E-state index contributed by atoms with van der Waals surface area (Å²) in [7, 11) is -8.59. The van der Waals surface area contributed by atoms with Gasteiger partial charge in [-0.25, -0.2) is 13.1 Å². The van der Waals surface area contributed by atoms with E-state index in [2.05, 4.69) is 10.1 Å². The van der Waals surface area contributed by atoms with Gasteiger partial charge in [0.25, 0.3) is 10.0 Å². The molecule has 0 saturated carbocycles. The number of hydrazine groups is 1. The fourth-order valence-corrected chi connectivity index (χ4v) is 6.55. The molecular formula is C22H21Cl2N5O6S2. The van der Waals surface area contributed by atoms with Gasteiger partial charge in [0.05, 0.1) is 27.9 Å². The fraction of sp³-hybridized carbons (Fsp3) is 0.0909. The lowest BCUT2D eigenvalue weighted by atomic mass is 10.0. The summed E-state index contributed by atoms with van der Waals surface area (Å²) in [6, 6.07) is 15.1. The summed E-state index contributed by atoms with van der Waals surface area (Å²) in [6.45, 7) is 0. The number of aliphatic carboxylic acids is 1. The van der Waals surface area contributed by atoms with E-state index in [9.17, 15) is 26.7 Å². The molecule has 0 radical (unpaired) electrons. The molecule has 0 bridgehead atoms. The van der Waals surface area contributed by atoms with Crippen molar-refractivity contribution in [3.63, 3.8) is 0 Å². The van der Waals surface area contributed by atoms with Gasteiger partial charge in [0.2, 0.25) is 16.0 Å². The molecule has 196 valence electrons. The molecule has 3 aromatic rings. The van der Waals surface area contributed by atoms with E-state index >= 15 is 0 Å². The second kappa shape index (κ2) is 11.4. The van der Waals surface area contributed by atoms with Crippen LogP contribution < -0.4 is 20.3 Å². The smallest absolute Gasteiger partial charge is 0.305 e. The molecule has 0 aliphatic heterocycles. The number of nitrogens with one attached hydrogen (secondary N) is 3. The molecule has 15 heteroatoms. The number of halogens is 2. The van der Waals surface area contributed by atoms with Crippen molar-refractivity contribution in [3.8, 4) is 0 Å². The van der Waals surface area contributed by atoms with E-state index < -0.39 is 44.4 Å². The maximum Gasteiger partial charge on any atom is 0.305 e. The van der Waals surface area contributed by atoms with E-state index in [1.807, 2.05) is 0 Å². The average molecular weight is 586 g/mol. The molecule has 11 nitrogen and oxygen atoms in total. The largest absolute Gasteiger partial charge is 0.481 e. The number of carbonyl (C=O) groups is 1. The van der Waals surface area contributed by atoms with Crippen LogP contribution in [0.1, 0.15) is 18.0 Å². The van der Waals surface area contributed by atoms with E-state index in [-0.39, 0.29) is 31.1 Å². The molecular weight excluding hydrogens is 565 g/mol. The first-order chi connectivity index (χ1) is 17.3. The van der Waals surface area contributed by atoms with Crippen molar-refractivity contribution in [2.45, 2.75) is 22.3 Å². The number of guanidine groups is 1. The minimum Gasteiger partial charge on any atom is -0.481 e. The van der Waals surface area contributed by atoms with E-state index in [0.29, 0.717) is 4.41 Å². The van der Waals surface area contributed by atoms with Gasteiger partial charge in [0.1, 0.15) is 0 Å². The Labute approximate surface area is 223 Å². The predicted octanol–water partition coefficient (Wildman–Crippen LogP) is 3.08. The summed E-state index contributed by atoms with van der Waals surface area (Å²) in [5.41, 5.74) is 7.73. The minimum atomic E-state index is -4.31. The lowest BCUT2D eigenvalue weighted by Crippen LogP contribution is -2.49. The summed E-state index contributed by atoms with van der Waals surface area (Å²) in [6.07, 6.45) is -0.678. The highest BCUT2D eigenvalue weighted by Crippen LogP contribution is 2.29. The van der Waals surface area contributed by atoms with Crippen molar-refractivity contribution >= 4 is 60.9 Å². The molecule has 0 saturated heterocycles. The zero-order valence-corrected chi connectivity index (χ0v) is 21.9. The maximum absolute atomic E-state index is 13.3. The first-order valence-electron chi connectivity index (χ1n) is 10.3. The number of nitrogens with two attached hydrogens (primary N) is 1. The molecule has 3 rings (SSSR count). The van der Waals surface area contributed by atoms with Gasteiger partial charge < -0.3 is 10.8 Å². The molecule has 0 heterocycles. The average Bonchev–Trinajstić information content (AvgIpc) is 2.81. The van der Waals surface area contributed by atoms with Crippen LogP contribution in [0.4, 0.5) is 5.69 Å². The lowest BCUT2D eigenvalue weighted by Gasteiger charge is -2.26. The van der Waals surface area contributed by atoms with Crippen molar-refractivity contribution < 1.29 is 26.7 Å². The van der Waals surface area contributed by atoms with Gasteiger partial charge in [-0.2, -0.15) is 12.8 Å². The number of rotatable bonds is 10. The fourth-order valence-electron chi connectivity index (χ4n) is 3.28. The number of hydrogen-bond acceptors (Lipinski definition) is 6. The first kappa shape index (κ1) is 28.2. The van der Waals surface area contributed by atoms with Crippen molar-refractivity contribution in [2.24, 2.45) is 5.73 Å². The molecule has 1 unspecified atom stereocenters. The van der Waals surface area contributed by atoms with Gasteiger partial charge in [-0.3, -0.25) is 15.6 Å². The number of hydrogen-bond donors (Lipinski definition) is 5. The van der Waals surface area contributed by atoms with Crippen LogP contribution in [0.25, 0.3) is 0 Å². The zero-order valence-electron chi connectivity index (χ0n) is 18.8. The van der Waals surface area contributed by atoms with Gasteiger partial charge in [-0.05, 0) is 48.0 Å². The van der Waals surface area contributed by atoms with Crippen molar-refractivity contribution in [3.05, 3.63) is 88.4 Å². The number of nitrogens with zero attached hydrogens (tertiary/aromatic N) is 1. The summed E-state index contributed by atoms with van der Waals surface area (Å²) in [5.74, 6) is -2.01. The van der Waals surface area contributed by atoms with E-state index in [1.54, 1.807) is 6.07 Å². The number of anilines is 1. The normalized spacial score (nSPS) is 12.5. The number of benzene rings is 3. The van der Waals surface area contributed by atoms with E-state index in [0.717, 1.165) is 12.1 Å². The first-order valence-corrected chi connectivity index (χ1v) is 14.0. The Balaban J connectivity index is 2.06. The molecule has 1 atom stereocenters. The zero-order chi connectivity index (χ0) is 27.4. The van der Waals surface area contributed by atoms with Gasteiger partial charge >= 0.3 is 5.97 Å². The quantitative estimate of drug-likeness (QED) is 0.136. The van der Waals surface area contributed by atoms with Crippen LogP contribution in [0.2, 0.25) is 10.0 Å². The molecule has 0 aliphatic rings. The van der Waals surface area contributed by atoms with Crippen molar-refractivity contribution in [1.82, 2.24) is 10.1 Å². The van der Waals surface area contributed by atoms with Crippen molar-refractivity contribution in [1.29, 1.82) is 5.41 Å². The van der Waals surface area contributed by atoms with Crippen LogP contribution >= 0.6 is 23.2 Å². The molecule has 0 aliphatic carbocycles. The van der Waals surface area contributed by atoms with Crippen molar-refractivity contribution in [2.75, 3.05) is 4.41 Å². The third-order valence-electron chi connectivity index (χ3n) is 4.83. The number of carboxylic acids is 1. The van der Waals surface area contributed by atoms with Crippen LogP contribution in [0.3, 0.4) is 0 Å². The predicted molar refractivity (Wildman–Crippen MR) is 139 cm³/mol. The lowest BCUT2D eigenvalue weighted by molar-refractivity contribution is -0.137. The van der Waals surface area contributed by atoms with Crippen LogP contribution in [0.5, 0.6) is 0 Å².